The Hall–Kier alpha value is -3.08. The molecule has 140 valence electrons. The van der Waals surface area contributed by atoms with Crippen LogP contribution in [-0.4, -0.2) is 23.6 Å². The van der Waals surface area contributed by atoms with Gasteiger partial charge in [0.2, 0.25) is 0 Å². The van der Waals surface area contributed by atoms with E-state index in [1.165, 1.54) is 16.7 Å². The summed E-state index contributed by atoms with van der Waals surface area (Å²) in [5.41, 5.74) is 4.74. The SMILES string of the molecule is COc1ccc(CCNc2cc(Nc3cc(C)cc(C)c3)nc(C)n2)cc1. The highest BCUT2D eigenvalue weighted by Crippen LogP contribution is 2.20. The lowest BCUT2D eigenvalue weighted by Crippen LogP contribution is -2.08. The first-order chi connectivity index (χ1) is 13.0. The number of ether oxygens (including phenoxy) is 1. The van der Waals surface area contributed by atoms with Crippen molar-refractivity contribution in [2.45, 2.75) is 27.2 Å². The summed E-state index contributed by atoms with van der Waals surface area (Å²) in [6.07, 6.45) is 0.910. The standard InChI is InChI=1S/C22H26N4O/c1-15-11-16(2)13-19(12-15)26-22-14-21(24-17(3)25-22)23-10-9-18-5-7-20(27-4)8-6-18/h5-8,11-14H,9-10H2,1-4H3,(H2,23,24,25,26). The molecule has 0 aliphatic carbocycles. The molecule has 5 nitrogen and oxygen atoms in total. The van der Waals surface area contributed by atoms with E-state index in [1.54, 1.807) is 7.11 Å². The van der Waals surface area contributed by atoms with Gasteiger partial charge in [0.1, 0.15) is 23.2 Å². The number of anilines is 3. The Morgan fingerprint density at radius 3 is 2.19 bits per heavy atom. The first-order valence-corrected chi connectivity index (χ1v) is 9.09. The van der Waals surface area contributed by atoms with E-state index in [2.05, 4.69) is 64.8 Å². The molecule has 0 atom stereocenters. The van der Waals surface area contributed by atoms with Gasteiger partial charge < -0.3 is 15.4 Å². The average Bonchev–Trinajstić information content (AvgIpc) is 2.61. The molecule has 3 aromatic rings. The molecule has 1 heterocycles. The molecule has 0 aliphatic rings. The molecule has 0 saturated carbocycles. The van der Waals surface area contributed by atoms with Crippen LogP contribution >= 0.6 is 0 Å². The quantitative estimate of drug-likeness (QED) is 0.632. The van der Waals surface area contributed by atoms with Crippen LogP contribution < -0.4 is 15.4 Å². The molecule has 0 aliphatic heterocycles. The number of nitrogens with one attached hydrogen (secondary N) is 2. The van der Waals surface area contributed by atoms with Crippen LogP contribution in [0.4, 0.5) is 17.3 Å². The average molecular weight is 362 g/mol. The maximum absolute atomic E-state index is 5.19. The highest BCUT2D eigenvalue weighted by atomic mass is 16.5. The van der Waals surface area contributed by atoms with Crippen LogP contribution in [-0.2, 0) is 6.42 Å². The second-order valence-corrected chi connectivity index (χ2v) is 6.71. The molecule has 0 unspecified atom stereocenters. The van der Waals surface area contributed by atoms with Crippen molar-refractivity contribution in [1.82, 2.24) is 9.97 Å². The summed E-state index contributed by atoms with van der Waals surface area (Å²) in [6.45, 7) is 6.89. The van der Waals surface area contributed by atoms with Crippen molar-refractivity contribution in [3.8, 4) is 5.75 Å². The molecule has 0 saturated heterocycles. The van der Waals surface area contributed by atoms with Gasteiger partial charge in [-0.3, -0.25) is 0 Å². The maximum atomic E-state index is 5.19. The molecule has 0 fully saturated rings. The summed E-state index contributed by atoms with van der Waals surface area (Å²) >= 11 is 0. The lowest BCUT2D eigenvalue weighted by Gasteiger charge is -2.11. The Morgan fingerprint density at radius 1 is 0.852 bits per heavy atom. The summed E-state index contributed by atoms with van der Waals surface area (Å²) in [7, 11) is 1.68. The van der Waals surface area contributed by atoms with Gasteiger partial charge in [0, 0.05) is 18.3 Å². The van der Waals surface area contributed by atoms with Crippen molar-refractivity contribution in [3.05, 3.63) is 71.0 Å². The smallest absolute Gasteiger partial charge is 0.136 e. The summed E-state index contributed by atoms with van der Waals surface area (Å²) in [5.74, 6) is 3.22. The van der Waals surface area contributed by atoms with E-state index in [4.69, 9.17) is 4.74 Å². The fourth-order valence-corrected chi connectivity index (χ4v) is 3.04. The number of nitrogens with zero attached hydrogens (tertiary/aromatic N) is 2. The highest BCUT2D eigenvalue weighted by molar-refractivity contribution is 5.60. The van der Waals surface area contributed by atoms with Crippen LogP contribution in [0.2, 0.25) is 0 Å². The zero-order valence-corrected chi connectivity index (χ0v) is 16.3. The molecule has 0 bridgehead atoms. The third kappa shape index (κ3) is 5.45. The molecule has 5 heteroatoms. The largest absolute Gasteiger partial charge is 0.497 e. The van der Waals surface area contributed by atoms with Gasteiger partial charge in [-0.1, -0.05) is 18.2 Å². The van der Waals surface area contributed by atoms with E-state index in [9.17, 15) is 0 Å². The molecular weight excluding hydrogens is 336 g/mol. The predicted molar refractivity (Wildman–Crippen MR) is 111 cm³/mol. The number of methoxy groups -OCH3 is 1. The Balaban J connectivity index is 1.63. The van der Waals surface area contributed by atoms with Crippen LogP contribution in [0, 0.1) is 20.8 Å². The maximum Gasteiger partial charge on any atom is 0.136 e. The molecule has 1 aromatic heterocycles. The zero-order valence-electron chi connectivity index (χ0n) is 16.3. The van der Waals surface area contributed by atoms with Gasteiger partial charge in [0.25, 0.3) is 0 Å². The van der Waals surface area contributed by atoms with Gasteiger partial charge in [-0.15, -0.1) is 0 Å². The van der Waals surface area contributed by atoms with Crippen LogP contribution in [0.15, 0.2) is 48.5 Å². The normalized spacial score (nSPS) is 10.5. The van der Waals surface area contributed by atoms with E-state index >= 15 is 0 Å². The fourth-order valence-electron chi connectivity index (χ4n) is 3.04. The van der Waals surface area contributed by atoms with Crippen LogP contribution in [0.1, 0.15) is 22.5 Å². The summed E-state index contributed by atoms with van der Waals surface area (Å²) in [6, 6.07) is 16.5. The Morgan fingerprint density at radius 2 is 1.52 bits per heavy atom. The topological polar surface area (TPSA) is 59.1 Å². The molecule has 3 rings (SSSR count). The number of aromatic nitrogens is 2. The van der Waals surface area contributed by atoms with Gasteiger partial charge in [-0.25, -0.2) is 9.97 Å². The first-order valence-electron chi connectivity index (χ1n) is 9.09. The Kier molecular flexibility index (Phi) is 5.91. The van der Waals surface area contributed by atoms with Gasteiger partial charge in [-0.05, 0) is 68.1 Å². The van der Waals surface area contributed by atoms with E-state index in [0.29, 0.717) is 0 Å². The van der Waals surface area contributed by atoms with E-state index in [-0.39, 0.29) is 0 Å². The van der Waals surface area contributed by atoms with Crippen molar-refractivity contribution in [1.29, 1.82) is 0 Å². The van der Waals surface area contributed by atoms with Crippen LogP contribution in [0.5, 0.6) is 5.75 Å². The number of aryl methyl sites for hydroxylation is 3. The molecular formula is C22H26N4O. The van der Waals surface area contributed by atoms with Crippen molar-refractivity contribution in [2.75, 3.05) is 24.3 Å². The third-order valence-corrected chi connectivity index (χ3v) is 4.21. The second-order valence-electron chi connectivity index (χ2n) is 6.71. The fraction of sp³-hybridized carbons (Fsp3) is 0.273. The van der Waals surface area contributed by atoms with E-state index in [0.717, 1.165) is 41.9 Å². The molecule has 2 aromatic carbocycles. The summed E-state index contributed by atoms with van der Waals surface area (Å²) < 4.78 is 5.19. The number of rotatable bonds is 7. The minimum atomic E-state index is 0.733. The second kappa shape index (κ2) is 8.54. The van der Waals surface area contributed by atoms with Crippen molar-refractivity contribution in [2.24, 2.45) is 0 Å². The van der Waals surface area contributed by atoms with Crippen molar-refractivity contribution in [3.63, 3.8) is 0 Å². The molecule has 0 spiro atoms. The molecule has 0 amide bonds. The van der Waals surface area contributed by atoms with Gasteiger partial charge in [0.05, 0.1) is 7.11 Å². The number of benzene rings is 2. The minimum Gasteiger partial charge on any atom is -0.497 e. The number of hydrogen-bond acceptors (Lipinski definition) is 5. The number of hydrogen-bond donors (Lipinski definition) is 2. The van der Waals surface area contributed by atoms with Crippen molar-refractivity contribution >= 4 is 17.3 Å². The Labute approximate surface area is 160 Å². The molecule has 2 N–H and O–H groups in total. The van der Waals surface area contributed by atoms with E-state index < -0.39 is 0 Å². The molecule has 27 heavy (non-hydrogen) atoms. The molecule has 0 radical (unpaired) electrons. The minimum absolute atomic E-state index is 0.733. The van der Waals surface area contributed by atoms with Crippen LogP contribution in [0.25, 0.3) is 0 Å². The highest BCUT2D eigenvalue weighted by Gasteiger charge is 2.04. The van der Waals surface area contributed by atoms with Crippen LogP contribution in [0.3, 0.4) is 0 Å². The Bertz CT molecular complexity index is 886. The summed E-state index contributed by atoms with van der Waals surface area (Å²) in [5, 5.41) is 6.77. The summed E-state index contributed by atoms with van der Waals surface area (Å²) in [4.78, 5) is 8.98. The lowest BCUT2D eigenvalue weighted by atomic mass is 10.1. The first kappa shape index (κ1) is 18.7. The predicted octanol–water partition coefficient (Wildman–Crippen LogP) is 4.81. The van der Waals surface area contributed by atoms with E-state index in [1.807, 2.05) is 25.1 Å². The van der Waals surface area contributed by atoms with Gasteiger partial charge in [-0.2, -0.15) is 0 Å². The third-order valence-electron chi connectivity index (χ3n) is 4.21. The lowest BCUT2D eigenvalue weighted by molar-refractivity contribution is 0.414. The zero-order chi connectivity index (χ0) is 19.2. The monoisotopic (exact) mass is 362 g/mol. The van der Waals surface area contributed by atoms with Gasteiger partial charge in [0.15, 0.2) is 0 Å². The van der Waals surface area contributed by atoms with Crippen molar-refractivity contribution < 1.29 is 4.74 Å². The van der Waals surface area contributed by atoms with Gasteiger partial charge >= 0.3 is 0 Å².